The Morgan fingerprint density at radius 1 is 1.35 bits per heavy atom. The molecule has 110 valence electrons. The van der Waals surface area contributed by atoms with Gasteiger partial charge < -0.3 is 15.3 Å². The van der Waals surface area contributed by atoms with Crippen molar-refractivity contribution in [2.24, 2.45) is 5.92 Å². The molecule has 0 radical (unpaired) electrons. The van der Waals surface area contributed by atoms with E-state index in [1.807, 2.05) is 0 Å². The second kappa shape index (κ2) is 5.95. The summed E-state index contributed by atoms with van der Waals surface area (Å²) in [4.78, 5) is 11.7. The van der Waals surface area contributed by atoms with E-state index in [1.54, 1.807) is 0 Å². The van der Waals surface area contributed by atoms with Crippen molar-refractivity contribution in [1.29, 1.82) is 0 Å². The molecule has 0 amide bonds. The van der Waals surface area contributed by atoms with Gasteiger partial charge >= 0.3 is 0 Å². The van der Waals surface area contributed by atoms with Gasteiger partial charge in [0.15, 0.2) is 0 Å². The van der Waals surface area contributed by atoms with Gasteiger partial charge in [0, 0.05) is 38.2 Å². The van der Waals surface area contributed by atoms with Gasteiger partial charge in [0.05, 0.1) is 0 Å². The lowest BCUT2D eigenvalue weighted by molar-refractivity contribution is 0.263. The zero-order valence-corrected chi connectivity index (χ0v) is 12.2. The highest BCUT2D eigenvalue weighted by Gasteiger charge is 2.29. The van der Waals surface area contributed by atoms with Gasteiger partial charge in [0.25, 0.3) is 0 Å². The van der Waals surface area contributed by atoms with Crippen molar-refractivity contribution in [2.75, 3.05) is 36.5 Å². The minimum absolute atomic E-state index is 0.290. The molecule has 1 saturated carbocycles. The molecule has 2 N–H and O–H groups in total. The third-order valence-corrected chi connectivity index (χ3v) is 4.18. The first-order valence-corrected chi connectivity index (χ1v) is 7.78. The van der Waals surface area contributed by atoms with Crippen LogP contribution in [0.15, 0.2) is 6.07 Å². The van der Waals surface area contributed by atoms with Gasteiger partial charge in [-0.3, -0.25) is 0 Å². The number of aromatic nitrogens is 2. The standard InChI is InChI=1S/C15H24N4O/c1-2-16-13-9-14(18-15(17-13)12-3-4-12)19-7-5-11(10-19)6-8-20/h9,11-12,20H,2-8,10H2,1H3,(H,16,17,18). The van der Waals surface area contributed by atoms with Crippen LogP contribution in [0.25, 0.3) is 0 Å². The Labute approximate surface area is 120 Å². The molecule has 5 nitrogen and oxygen atoms in total. The predicted octanol–water partition coefficient (Wildman–Crippen LogP) is 1.99. The molecule has 2 aliphatic rings. The number of nitrogens with one attached hydrogen (secondary N) is 1. The molecule has 2 fully saturated rings. The van der Waals surface area contributed by atoms with Gasteiger partial charge in [-0.05, 0) is 38.5 Å². The molecule has 0 bridgehead atoms. The van der Waals surface area contributed by atoms with Crippen LogP contribution in [0.4, 0.5) is 11.6 Å². The van der Waals surface area contributed by atoms with Crippen LogP contribution in [0.1, 0.15) is 44.3 Å². The average Bonchev–Trinajstić information content (AvgIpc) is 3.20. The molecule has 1 saturated heterocycles. The van der Waals surface area contributed by atoms with Crippen LogP contribution in [0.5, 0.6) is 0 Å². The van der Waals surface area contributed by atoms with E-state index in [4.69, 9.17) is 10.1 Å². The van der Waals surface area contributed by atoms with Gasteiger partial charge in [0.2, 0.25) is 0 Å². The summed E-state index contributed by atoms with van der Waals surface area (Å²) in [7, 11) is 0. The molecule has 1 atom stereocenters. The third-order valence-electron chi connectivity index (χ3n) is 4.18. The zero-order valence-electron chi connectivity index (χ0n) is 12.2. The lowest BCUT2D eigenvalue weighted by Gasteiger charge is -2.19. The number of aliphatic hydroxyl groups is 1. The monoisotopic (exact) mass is 276 g/mol. The fraction of sp³-hybridized carbons (Fsp3) is 0.733. The summed E-state index contributed by atoms with van der Waals surface area (Å²) in [6, 6.07) is 2.07. The van der Waals surface area contributed by atoms with Crippen LogP contribution < -0.4 is 10.2 Å². The van der Waals surface area contributed by atoms with E-state index >= 15 is 0 Å². The number of hydrogen-bond donors (Lipinski definition) is 2. The Hall–Kier alpha value is -1.36. The Bertz CT molecular complexity index is 461. The van der Waals surface area contributed by atoms with Gasteiger partial charge in [-0.1, -0.05) is 0 Å². The van der Waals surface area contributed by atoms with E-state index < -0.39 is 0 Å². The lowest BCUT2D eigenvalue weighted by Crippen LogP contribution is -2.22. The van der Waals surface area contributed by atoms with Crippen LogP contribution >= 0.6 is 0 Å². The van der Waals surface area contributed by atoms with Gasteiger partial charge in [-0.2, -0.15) is 0 Å². The normalized spacial score (nSPS) is 22.3. The molecule has 5 heteroatoms. The molecule has 20 heavy (non-hydrogen) atoms. The van der Waals surface area contributed by atoms with Crippen LogP contribution in [0.3, 0.4) is 0 Å². The van der Waals surface area contributed by atoms with E-state index in [0.29, 0.717) is 11.8 Å². The summed E-state index contributed by atoms with van der Waals surface area (Å²) in [5, 5.41) is 12.4. The lowest BCUT2D eigenvalue weighted by atomic mass is 10.1. The van der Waals surface area contributed by atoms with E-state index in [-0.39, 0.29) is 6.61 Å². The second-order valence-electron chi connectivity index (χ2n) is 5.89. The van der Waals surface area contributed by atoms with Crippen LogP contribution in [-0.4, -0.2) is 41.3 Å². The minimum Gasteiger partial charge on any atom is -0.396 e. The van der Waals surface area contributed by atoms with Crippen molar-refractivity contribution in [3.8, 4) is 0 Å². The summed E-state index contributed by atoms with van der Waals surface area (Å²) in [5.41, 5.74) is 0. The number of hydrogen-bond acceptors (Lipinski definition) is 5. The Morgan fingerprint density at radius 3 is 2.90 bits per heavy atom. The van der Waals surface area contributed by atoms with E-state index in [0.717, 1.165) is 49.9 Å². The maximum absolute atomic E-state index is 9.07. The quantitative estimate of drug-likeness (QED) is 0.832. The summed E-state index contributed by atoms with van der Waals surface area (Å²) < 4.78 is 0. The number of anilines is 2. The van der Waals surface area contributed by atoms with Gasteiger partial charge in [-0.15, -0.1) is 0 Å². The fourth-order valence-corrected chi connectivity index (χ4v) is 2.87. The summed E-state index contributed by atoms with van der Waals surface area (Å²) in [5.74, 6) is 4.18. The summed E-state index contributed by atoms with van der Waals surface area (Å²) in [6.07, 6.45) is 4.50. The first kappa shape index (κ1) is 13.6. The Kier molecular flexibility index (Phi) is 4.05. The molecule has 3 rings (SSSR count). The highest BCUT2D eigenvalue weighted by atomic mass is 16.3. The maximum atomic E-state index is 9.07. The van der Waals surface area contributed by atoms with E-state index in [1.165, 1.54) is 12.8 Å². The first-order chi connectivity index (χ1) is 9.80. The predicted molar refractivity (Wildman–Crippen MR) is 80.2 cm³/mol. The van der Waals surface area contributed by atoms with Crippen molar-refractivity contribution >= 4 is 11.6 Å². The molecular formula is C15H24N4O. The number of nitrogens with zero attached hydrogens (tertiary/aromatic N) is 3. The highest BCUT2D eigenvalue weighted by Crippen LogP contribution is 2.39. The average molecular weight is 276 g/mol. The van der Waals surface area contributed by atoms with Crippen molar-refractivity contribution in [3.05, 3.63) is 11.9 Å². The van der Waals surface area contributed by atoms with Crippen molar-refractivity contribution in [2.45, 2.75) is 38.5 Å². The number of rotatable bonds is 6. The summed E-state index contributed by atoms with van der Waals surface area (Å²) >= 11 is 0. The molecule has 1 aliphatic heterocycles. The van der Waals surface area contributed by atoms with E-state index in [2.05, 4.69) is 28.2 Å². The van der Waals surface area contributed by atoms with Crippen molar-refractivity contribution in [3.63, 3.8) is 0 Å². The zero-order chi connectivity index (χ0) is 13.9. The third kappa shape index (κ3) is 3.03. The summed E-state index contributed by atoms with van der Waals surface area (Å²) in [6.45, 7) is 5.31. The molecule has 0 aromatic carbocycles. The van der Waals surface area contributed by atoms with Gasteiger partial charge in [0.1, 0.15) is 17.5 Å². The maximum Gasteiger partial charge on any atom is 0.136 e. The van der Waals surface area contributed by atoms with Crippen LogP contribution in [0, 0.1) is 5.92 Å². The van der Waals surface area contributed by atoms with Crippen molar-refractivity contribution in [1.82, 2.24) is 9.97 Å². The largest absolute Gasteiger partial charge is 0.396 e. The number of aliphatic hydroxyl groups excluding tert-OH is 1. The van der Waals surface area contributed by atoms with Gasteiger partial charge in [-0.25, -0.2) is 9.97 Å². The molecule has 2 heterocycles. The van der Waals surface area contributed by atoms with Crippen molar-refractivity contribution < 1.29 is 5.11 Å². The fourth-order valence-electron chi connectivity index (χ4n) is 2.87. The topological polar surface area (TPSA) is 61.3 Å². The molecule has 1 aromatic rings. The van der Waals surface area contributed by atoms with Crippen LogP contribution in [0.2, 0.25) is 0 Å². The van der Waals surface area contributed by atoms with E-state index in [9.17, 15) is 0 Å². The highest BCUT2D eigenvalue weighted by molar-refractivity contribution is 5.50. The molecule has 1 unspecified atom stereocenters. The molecule has 1 aliphatic carbocycles. The second-order valence-corrected chi connectivity index (χ2v) is 5.89. The first-order valence-electron chi connectivity index (χ1n) is 7.78. The smallest absolute Gasteiger partial charge is 0.136 e. The minimum atomic E-state index is 0.290. The molecular weight excluding hydrogens is 252 g/mol. The Balaban J connectivity index is 1.77. The molecule has 1 aromatic heterocycles. The SMILES string of the molecule is CCNc1cc(N2CCC(CCO)C2)nc(C2CC2)n1. The molecule has 0 spiro atoms. The Morgan fingerprint density at radius 2 is 2.20 bits per heavy atom. The van der Waals surface area contributed by atoms with Crippen LogP contribution in [-0.2, 0) is 0 Å².